The molecule has 0 saturated heterocycles. The van der Waals surface area contributed by atoms with E-state index in [4.69, 9.17) is 0 Å². The predicted octanol–water partition coefficient (Wildman–Crippen LogP) is 4.44. The molecule has 0 aliphatic rings. The molecule has 0 unspecified atom stereocenters. The minimum Gasteiger partial charge on any atom is -0.324 e. The quantitative estimate of drug-likeness (QED) is 0.557. The molecule has 0 aromatic heterocycles. The first-order valence-electron chi connectivity index (χ1n) is 10.2. The molecule has 0 fully saturated rings. The Morgan fingerprint density at radius 2 is 1.43 bits per heavy atom. The van der Waals surface area contributed by atoms with E-state index in [1.54, 1.807) is 18.2 Å². The van der Waals surface area contributed by atoms with Gasteiger partial charge in [-0.25, -0.2) is 0 Å². The summed E-state index contributed by atoms with van der Waals surface area (Å²) in [4.78, 5) is 27.4. The highest BCUT2D eigenvalue weighted by Gasteiger charge is 2.15. The molecule has 30 heavy (non-hydrogen) atoms. The van der Waals surface area contributed by atoms with Crippen molar-refractivity contribution in [3.8, 4) is 0 Å². The Morgan fingerprint density at radius 1 is 0.800 bits per heavy atom. The van der Waals surface area contributed by atoms with Gasteiger partial charge in [-0.1, -0.05) is 67.6 Å². The van der Waals surface area contributed by atoms with Crippen molar-refractivity contribution in [2.24, 2.45) is 0 Å². The van der Waals surface area contributed by atoms with Crippen molar-refractivity contribution in [3.63, 3.8) is 0 Å². The Balaban J connectivity index is 1.59. The molecule has 2 N–H and O–H groups in total. The van der Waals surface area contributed by atoms with Crippen molar-refractivity contribution in [1.82, 2.24) is 4.90 Å². The van der Waals surface area contributed by atoms with Crippen molar-refractivity contribution < 1.29 is 9.59 Å². The van der Waals surface area contributed by atoms with Crippen molar-refractivity contribution >= 4 is 23.2 Å². The van der Waals surface area contributed by atoms with E-state index in [1.807, 2.05) is 61.5 Å². The molecule has 3 aromatic carbocycles. The topological polar surface area (TPSA) is 61.4 Å². The third-order valence-corrected chi connectivity index (χ3v) is 4.85. The van der Waals surface area contributed by atoms with Gasteiger partial charge in [0, 0.05) is 12.2 Å². The van der Waals surface area contributed by atoms with E-state index in [1.165, 1.54) is 5.56 Å². The van der Waals surface area contributed by atoms with Crippen molar-refractivity contribution in [1.29, 1.82) is 0 Å². The molecule has 0 saturated carbocycles. The van der Waals surface area contributed by atoms with E-state index in [0.717, 1.165) is 19.5 Å². The van der Waals surface area contributed by atoms with Gasteiger partial charge in [0.15, 0.2) is 0 Å². The molecule has 3 aromatic rings. The summed E-state index contributed by atoms with van der Waals surface area (Å²) in [7, 11) is 0. The molecule has 3 rings (SSSR count). The second-order valence-corrected chi connectivity index (χ2v) is 7.02. The van der Waals surface area contributed by atoms with Gasteiger partial charge in [-0.3, -0.25) is 14.5 Å². The van der Waals surface area contributed by atoms with Gasteiger partial charge in [0.2, 0.25) is 5.91 Å². The molecular weight excluding hydrogens is 374 g/mol. The predicted molar refractivity (Wildman–Crippen MR) is 122 cm³/mol. The van der Waals surface area contributed by atoms with Crippen LogP contribution in [0.25, 0.3) is 0 Å². The standard InChI is InChI=1S/C25H27N3O2/c1-2-28(18-17-20-11-5-3-6-12-20)19-24(29)27-23-16-10-9-15-22(23)25(30)26-21-13-7-4-8-14-21/h3-16H,2,17-19H2,1H3,(H,26,30)(H,27,29). The number of rotatable bonds is 9. The Labute approximate surface area is 177 Å². The fraction of sp³-hybridized carbons (Fsp3) is 0.200. The number of hydrogen-bond donors (Lipinski definition) is 2. The zero-order valence-corrected chi connectivity index (χ0v) is 17.2. The SMILES string of the molecule is CCN(CCc1ccccc1)CC(=O)Nc1ccccc1C(=O)Nc1ccccc1. The summed E-state index contributed by atoms with van der Waals surface area (Å²) in [6.45, 7) is 3.89. The van der Waals surface area contributed by atoms with Crippen LogP contribution in [0.2, 0.25) is 0 Å². The molecule has 0 spiro atoms. The van der Waals surface area contributed by atoms with Gasteiger partial charge in [-0.2, -0.15) is 0 Å². The average Bonchev–Trinajstić information content (AvgIpc) is 2.78. The van der Waals surface area contributed by atoms with Gasteiger partial charge in [0.05, 0.1) is 17.8 Å². The third-order valence-electron chi connectivity index (χ3n) is 4.85. The Hall–Kier alpha value is -3.44. The number of anilines is 2. The number of carbonyl (C=O) groups is 2. The second-order valence-electron chi connectivity index (χ2n) is 7.02. The van der Waals surface area contributed by atoms with E-state index >= 15 is 0 Å². The van der Waals surface area contributed by atoms with Crippen LogP contribution in [-0.4, -0.2) is 36.3 Å². The van der Waals surface area contributed by atoms with E-state index in [9.17, 15) is 9.59 Å². The number of likely N-dealkylation sites (N-methyl/N-ethyl adjacent to an activating group) is 1. The smallest absolute Gasteiger partial charge is 0.257 e. The average molecular weight is 402 g/mol. The fourth-order valence-corrected chi connectivity index (χ4v) is 3.18. The van der Waals surface area contributed by atoms with E-state index in [0.29, 0.717) is 16.9 Å². The van der Waals surface area contributed by atoms with Gasteiger partial charge in [0.1, 0.15) is 0 Å². The summed E-state index contributed by atoms with van der Waals surface area (Å²) in [5, 5.41) is 5.76. The highest BCUT2D eigenvalue weighted by atomic mass is 16.2. The monoisotopic (exact) mass is 401 g/mol. The molecule has 0 bridgehead atoms. The van der Waals surface area contributed by atoms with Gasteiger partial charge < -0.3 is 10.6 Å². The third kappa shape index (κ3) is 6.29. The lowest BCUT2D eigenvalue weighted by Crippen LogP contribution is -2.35. The molecule has 0 radical (unpaired) electrons. The van der Waals surface area contributed by atoms with E-state index in [-0.39, 0.29) is 18.4 Å². The van der Waals surface area contributed by atoms with Crippen LogP contribution in [0.15, 0.2) is 84.9 Å². The first kappa shape index (κ1) is 21.3. The molecule has 0 atom stereocenters. The fourth-order valence-electron chi connectivity index (χ4n) is 3.18. The summed E-state index contributed by atoms with van der Waals surface area (Å²) in [6, 6.07) is 26.5. The van der Waals surface area contributed by atoms with Crippen LogP contribution < -0.4 is 10.6 Å². The number of carbonyl (C=O) groups excluding carboxylic acids is 2. The van der Waals surface area contributed by atoms with Crippen LogP contribution in [-0.2, 0) is 11.2 Å². The number of hydrogen-bond acceptors (Lipinski definition) is 3. The van der Waals surface area contributed by atoms with Crippen molar-refractivity contribution in [2.75, 3.05) is 30.3 Å². The first-order chi connectivity index (χ1) is 14.7. The summed E-state index contributed by atoms with van der Waals surface area (Å²) < 4.78 is 0. The number of benzene rings is 3. The Kier molecular flexibility index (Phi) is 7.75. The molecule has 154 valence electrons. The van der Waals surface area contributed by atoms with Crippen LogP contribution in [0.1, 0.15) is 22.8 Å². The lowest BCUT2D eigenvalue weighted by atomic mass is 10.1. The number of nitrogens with one attached hydrogen (secondary N) is 2. The maximum atomic E-state index is 12.7. The van der Waals surface area contributed by atoms with Gasteiger partial charge in [-0.15, -0.1) is 0 Å². The van der Waals surface area contributed by atoms with Gasteiger partial charge in [-0.05, 0) is 42.8 Å². The van der Waals surface area contributed by atoms with Crippen LogP contribution in [0.5, 0.6) is 0 Å². The van der Waals surface area contributed by atoms with Crippen LogP contribution >= 0.6 is 0 Å². The normalized spacial score (nSPS) is 10.6. The Morgan fingerprint density at radius 3 is 2.13 bits per heavy atom. The summed E-state index contributed by atoms with van der Waals surface area (Å²) in [5.41, 5.74) is 2.90. The van der Waals surface area contributed by atoms with Gasteiger partial charge in [0.25, 0.3) is 5.91 Å². The van der Waals surface area contributed by atoms with Crippen molar-refractivity contribution in [3.05, 3.63) is 96.1 Å². The largest absolute Gasteiger partial charge is 0.324 e. The maximum Gasteiger partial charge on any atom is 0.257 e. The Bertz CT molecular complexity index is 958. The number of nitrogens with zero attached hydrogens (tertiary/aromatic N) is 1. The molecular formula is C25H27N3O2. The van der Waals surface area contributed by atoms with E-state index in [2.05, 4.69) is 27.7 Å². The highest BCUT2D eigenvalue weighted by Crippen LogP contribution is 2.17. The summed E-state index contributed by atoms with van der Waals surface area (Å²) in [5.74, 6) is -0.390. The lowest BCUT2D eigenvalue weighted by molar-refractivity contribution is -0.117. The van der Waals surface area contributed by atoms with Crippen LogP contribution in [0.4, 0.5) is 11.4 Å². The minimum absolute atomic E-state index is 0.134. The van der Waals surface area contributed by atoms with Crippen LogP contribution in [0.3, 0.4) is 0 Å². The second kappa shape index (κ2) is 10.9. The summed E-state index contributed by atoms with van der Waals surface area (Å²) >= 11 is 0. The van der Waals surface area contributed by atoms with Gasteiger partial charge >= 0.3 is 0 Å². The van der Waals surface area contributed by atoms with E-state index < -0.39 is 0 Å². The molecule has 0 aliphatic carbocycles. The minimum atomic E-state index is -0.256. The molecule has 5 heteroatoms. The van der Waals surface area contributed by atoms with Crippen LogP contribution in [0, 0.1) is 0 Å². The number of para-hydroxylation sites is 2. The molecule has 5 nitrogen and oxygen atoms in total. The molecule has 0 aliphatic heterocycles. The number of amides is 2. The molecule has 0 heterocycles. The lowest BCUT2D eigenvalue weighted by Gasteiger charge is -2.20. The van der Waals surface area contributed by atoms with Crippen molar-refractivity contribution in [2.45, 2.75) is 13.3 Å². The maximum absolute atomic E-state index is 12.7. The highest BCUT2D eigenvalue weighted by molar-refractivity contribution is 6.10. The zero-order chi connectivity index (χ0) is 21.2. The first-order valence-corrected chi connectivity index (χ1v) is 10.2. The zero-order valence-electron chi connectivity index (χ0n) is 17.2. The molecule has 2 amide bonds. The summed E-state index contributed by atoms with van der Waals surface area (Å²) in [6.07, 6.45) is 0.887.